The minimum Gasteiger partial charge on any atom is -0.402 e. The van der Waals surface area contributed by atoms with Crippen LogP contribution in [-0.2, 0) is 11.3 Å². The molecular weight excluding hydrogens is 214 g/mol. The molecular formula is C14H20NO2+. The van der Waals surface area contributed by atoms with Crippen LogP contribution in [0.2, 0.25) is 0 Å². The molecule has 0 saturated carbocycles. The normalized spacial score (nSPS) is 11.3. The van der Waals surface area contributed by atoms with Gasteiger partial charge in [0.25, 0.3) is 5.52 Å². The van der Waals surface area contributed by atoms with Crippen molar-refractivity contribution in [3.8, 4) is 0 Å². The lowest BCUT2D eigenvalue weighted by atomic mass is 10.1. The Balaban J connectivity index is 2.40. The largest absolute Gasteiger partial charge is 0.402 e. The summed E-state index contributed by atoms with van der Waals surface area (Å²) in [4.78, 5) is 0. The van der Waals surface area contributed by atoms with Crippen LogP contribution in [0.15, 0.2) is 16.5 Å². The van der Waals surface area contributed by atoms with Gasteiger partial charge >= 0.3 is 5.89 Å². The standard InChI is InChI=1S/C14H20NO2/c1-5-16-7-6-15-12(4)17-14-9-11(3)10(2)8-13(14)15/h8-9H,5-7H2,1-4H3/q+1. The molecule has 0 aliphatic carbocycles. The van der Waals surface area contributed by atoms with Gasteiger partial charge in [-0.25, -0.2) is 0 Å². The van der Waals surface area contributed by atoms with Crippen molar-refractivity contribution in [3.05, 3.63) is 29.2 Å². The molecule has 0 aliphatic rings. The SMILES string of the molecule is CCOCC[n+]1c(C)oc2cc(C)c(C)cc21. The van der Waals surface area contributed by atoms with Gasteiger partial charge in [-0.1, -0.05) is 0 Å². The predicted octanol–water partition coefficient (Wildman–Crippen LogP) is 2.68. The molecule has 0 fully saturated rings. The Morgan fingerprint density at radius 1 is 1.18 bits per heavy atom. The van der Waals surface area contributed by atoms with Gasteiger partial charge in [0, 0.05) is 12.7 Å². The molecule has 0 amide bonds. The smallest absolute Gasteiger partial charge is 0.344 e. The lowest BCUT2D eigenvalue weighted by Crippen LogP contribution is -2.37. The lowest BCUT2D eigenvalue weighted by molar-refractivity contribution is -0.684. The fourth-order valence-corrected chi connectivity index (χ4v) is 2.03. The predicted molar refractivity (Wildman–Crippen MR) is 67.1 cm³/mol. The van der Waals surface area contributed by atoms with E-state index in [0.717, 1.165) is 36.7 Å². The third kappa shape index (κ3) is 2.34. The van der Waals surface area contributed by atoms with Crippen LogP contribution in [0.3, 0.4) is 0 Å². The number of benzene rings is 1. The molecule has 2 aromatic rings. The second kappa shape index (κ2) is 4.88. The Morgan fingerprint density at radius 3 is 2.59 bits per heavy atom. The van der Waals surface area contributed by atoms with E-state index >= 15 is 0 Å². The number of nitrogens with zero attached hydrogens (tertiary/aromatic N) is 1. The molecule has 1 aromatic carbocycles. The molecule has 92 valence electrons. The number of oxazole rings is 1. The van der Waals surface area contributed by atoms with E-state index in [4.69, 9.17) is 9.15 Å². The maximum Gasteiger partial charge on any atom is 0.344 e. The van der Waals surface area contributed by atoms with Gasteiger partial charge in [-0.3, -0.25) is 0 Å². The number of hydrogen-bond donors (Lipinski definition) is 0. The second-order valence-corrected chi connectivity index (χ2v) is 4.37. The van der Waals surface area contributed by atoms with Crippen molar-refractivity contribution in [1.82, 2.24) is 0 Å². The molecule has 3 heteroatoms. The van der Waals surface area contributed by atoms with E-state index < -0.39 is 0 Å². The van der Waals surface area contributed by atoms with Gasteiger partial charge < -0.3 is 9.15 Å². The summed E-state index contributed by atoms with van der Waals surface area (Å²) in [6, 6.07) is 4.29. The number of aryl methyl sites for hydroxylation is 3. The summed E-state index contributed by atoms with van der Waals surface area (Å²) in [6.07, 6.45) is 0. The van der Waals surface area contributed by atoms with Crippen LogP contribution in [0.25, 0.3) is 11.1 Å². The summed E-state index contributed by atoms with van der Waals surface area (Å²) >= 11 is 0. The van der Waals surface area contributed by atoms with E-state index in [1.807, 2.05) is 13.8 Å². The van der Waals surface area contributed by atoms with Crippen LogP contribution >= 0.6 is 0 Å². The summed E-state index contributed by atoms with van der Waals surface area (Å²) in [6.45, 7) is 10.6. The van der Waals surface area contributed by atoms with E-state index in [2.05, 4.69) is 30.5 Å². The Labute approximate surface area is 102 Å². The molecule has 0 spiro atoms. The highest BCUT2D eigenvalue weighted by molar-refractivity contribution is 5.71. The fourth-order valence-electron chi connectivity index (χ4n) is 2.03. The minimum absolute atomic E-state index is 0.726. The van der Waals surface area contributed by atoms with E-state index in [-0.39, 0.29) is 0 Å². The first-order chi connectivity index (χ1) is 8.13. The Morgan fingerprint density at radius 2 is 1.88 bits per heavy atom. The number of hydrogen-bond acceptors (Lipinski definition) is 2. The lowest BCUT2D eigenvalue weighted by Gasteiger charge is -1.98. The number of rotatable bonds is 4. The first-order valence-corrected chi connectivity index (χ1v) is 6.11. The van der Waals surface area contributed by atoms with Crippen molar-refractivity contribution in [1.29, 1.82) is 0 Å². The fraction of sp³-hybridized carbons (Fsp3) is 0.500. The summed E-state index contributed by atoms with van der Waals surface area (Å²) in [5, 5.41) is 0. The van der Waals surface area contributed by atoms with Gasteiger partial charge in [-0.05, 0) is 38.0 Å². The molecule has 1 heterocycles. The zero-order valence-electron chi connectivity index (χ0n) is 11.0. The van der Waals surface area contributed by atoms with Crippen molar-refractivity contribution in [2.24, 2.45) is 0 Å². The molecule has 0 radical (unpaired) electrons. The van der Waals surface area contributed by atoms with Gasteiger partial charge in [0.2, 0.25) is 5.58 Å². The monoisotopic (exact) mass is 234 g/mol. The van der Waals surface area contributed by atoms with E-state index in [0.29, 0.717) is 0 Å². The quantitative estimate of drug-likeness (QED) is 0.600. The summed E-state index contributed by atoms with van der Waals surface area (Å²) in [5.41, 5.74) is 4.68. The number of fused-ring (bicyclic) bond motifs is 1. The second-order valence-electron chi connectivity index (χ2n) is 4.37. The van der Waals surface area contributed by atoms with Crippen molar-refractivity contribution in [2.75, 3.05) is 13.2 Å². The molecule has 3 nitrogen and oxygen atoms in total. The minimum atomic E-state index is 0.726. The van der Waals surface area contributed by atoms with Gasteiger partial charge in [0.1, 0.15) is 6.61 Å². The first kappa shape index (κ1) is 12.1. The number of aromatic nitrogens is 1. The zero-order chi connectivity index (χ0) is 12.4. The topological polar surface area (TPSA) is 26.2 Å². The highest BCUT2D eigenvalue weighted by atomic mass is 16.5. The first-order valence-electron chi connectivity index (χ1n) is 6.11. The van der Waals surface area contributed by atoms with E-state index in [1.54, 1.807) is 0 Å². The van der Waals surface area contributed by atoms with Crippen molar-refractivity contribution in [2.45, 2.75) is 34.2 Å². The Bertz CT molecular complexity index is 528. The van der Waals surface area contributed by atoms with Crippen molar-refractivity contribution < 1.29 is 13.7 Å². The maximum absolute atomic E-state index is 5.77. The van der Waals surface area contributed by atoms with Crippen LogP contribution < -0.4 is 4.57 Å². The third-order valence-electron chi connectivity index (χ3n) is 3.17. The summed E-state index contributed by atoms with van der Waals surface area (Å²) in [7, 11) is 0. The maximum atomic E-state index is 5.77. The summed E-state index contributed by atoms with van der Waals surface area (Å²) in [5.74, 6) is 0.935. The Kier molecular flexibility index (Phi) is 3.48. The van der Waals surface area contributed by atoms with Crippen LogP contribution in [0.5, 0.6) is 0 Å². The van der Waals surface area contributed by atoms with Crippen LogP contribution in [0.4, 0.5) is 0 Å². The molecule has 0 atom stereocenters. The van der Waals surface area contributed by atoms with Gasteiger partial charge in [-0.2, -0.15) is 4.57 Å². The van der Waals surface area contributed by atoms with Crippen molar-refractivity contribution in [3.63, 3.8) is 0 Å². The molecule has 2 rings (SSSR count). The molecule has 1 aromatic heterocycles. The highest BCUT2D eigenvalue weighted by Gasteiger charge is 2.19. The van der Waals surface area contributed by atoms with Gasteiger partial charge in [0.05, 0.1) is 6.92 Å². The molecule has 17 heavy (non-hydrogen) atoms. The Hall–Kier alpha value is -1.35. The molecule has 0 aliphatic heterocycles. The zero-order valence-corrected chi connectivity index (χ0v) is 11.0. The number of ether oxygens (including phenoxy) is 1. The van der Waals surface area contributed by atoms with E-state index in [1.165, 1.54) is 11.1 Å². The van der Waals surface area contributed by atoms with Crippen LogP contribution in [0, 0.1) is 20.8 Å². The average Bonchev–Trinajstić information content (AvgIpc) is 2.57. The van der Waals surface area contributed by atoms with Crippen LogP contribution in [0.1, 0.15) is 23.9 Å². The molecule has 0 saturated heterocycles. The van der Waals surface area contributed by atoms with Crippen molar-refractivity contribution >= 4 is 11.1 Å². The molecule has 0 N–H and O–H groups in total. The van der Waals surface area contributed by atoms with Gasteiger partial charge in [0.15, 0.2) is 6.54 Å². The van der Waals surface area contributed by atoms with E-state index in [9.17, 15) is 0 Å². The average molecular weight is 234 g/mol. The molecule has 0 unspecified atom stereocenters. The summed E-state index contributed by atoms with van der Waals surface area (Å²) < 4.78 is 13.4. The van der Waals surface area contributed by atoms with Gasteiger partial charge in [-0.15, -0.1) is 0 Å². The molecule has 0 bridgehead atoms. The van der Waals surface area contributed by atoms with Crippen LogP contribution in [-0.4, -0.2) is 13.2 Å². The highest BCUT2D eigenvalue weighted by Crippen LogP contribution is 2.18. The third-order valence-corrected chi connectivity index (χ3v) is 3.17.